The minimum Gasteiger partial charge on any atom is -0.330 e. The van der Waals surface area contributed by atoms with Gasteiger partial charge in [0, 0.05) is 17.0 Å². The lowest BCUT2D eigenvalue weighted by Gasteiger charge is -2.26. The minimum atomic E-state index is -0.420. The molecular formula is C11H14N2OS. The molecule has 1 heterocycles. The molecule has 1 unspecified atom stereocenters. The van der Waals surface area contributed by atoms with E-state index in [4.69, 9.17) is 0 Å². The highest BCUT2D eigenvalue weighted by Crippen LogP contribution is 2.28. The van der Waals surface area contributed by atoms with E-state index in [1.807, 2.05) is 37.4 Å². The molecule has 80 valence electrons. The third kappa shape index (κ3) is 1.75. The predicted octanol–water partition coefficient (Wildman–Crippen LogP) is 1.51. The van der Waals surface area contributed by atoms with Crippen molar-refractivity contribution in [1.29, 1.82) is 0 Å². The van der Waals surface area contributed by atoms with Gasteiger partial charge in [-0.05, 0) is 19.2 Å². The molecule has 0 saturated heterocycles. The molecule has 15 heavy (non-hydrogen) atoms. The standard InChI is InChI=1S/C11H14N2OS/c1-11(12-7-15-2)9-6-4-3-5-8(9)10(14)13-11/h3-6,12H,7H2,1-2H3,(H,13,14). The van der Waals surface area contributed by atoms with Crippen molar-refractivity contribution in [2.24, 2.45) is 0 Å². The maximum Gasteiger partial charge on any atom is 0.253 e. The van der Waals surface area contributed by atoms with E-state index in [2.05, 4.69) is 10.6 Å². The molecule has 0 bridgehead atoms. The van der Waals surface area contributed by atoms with Crippen LogP contribution in [0, 0.1) is 0 Å². The van der Waals surface area contributed by atoms with Gasteiger partial charge in [0.2, 0.25) is 0 Å². The number of nitrogens with one attached hydrogen (secondary N) is 2. The lowest BCUT2D eigenvalue weighted by molar-refractivity contribution is 0.0925. The largest absolute Gasteiger partial charge is 0.330 e. The molecule has 0 saturated carbocycles. The second-order valence-electron chi connectivity index (χ2n) is 3.73. The first-order valence-electron chi connectivity index (χ1n) is 4.83. The maximum atomic E-state index is 11.7. The number of thioether (sulfide) groups is 1. The van der Waals surface area contributed by atoms with Gasteiger partial charge in [-0.25, -0.2) is 0 Å². The van der Waals surface area contributed by atoms with E-state index in [0.29, 0.717) is 0 Å². The summed E-state index contributed by atoms with van der Waals surface area (Å²) >= 11 is 1.70. The average Bonchev–Trinajstić information content (AvgIpc) is 2.50. The molecule has 2 rings (SSSR count). The van der Waals surface area contributed by atoms with E-state index in [1.54, 1.807) is 11.8 Å². The Morgan fingerprint density at radius 3 is 2.93 bits per heavy atom. The van der Waals surface area contributed by atoms with Crippen LogP contribution in [0.5, 0.6) is 0 Å². The molecular weight excluding hydrogens is 208 g/mol. The number of fused-ring (bicyclic) bond motifs is 1. The average molecular weight is 222 g/mol. The van der Waals surface area contributed by atoms with Crippen molar-refractivity contribution in [1.82, 2.24) is 10.6 Å². The summed E-state index contributed by atoms with van der Waals surface area (Å²) in [5.41, 5.74) is 1.38. The summed E-state index contributed by atoms with van der Waals surface area (Å²) in [7, 11) is 0. The van der Waals surface area contributed by atoms with Gasteiger partial charge in [-0.2, -0.15) is 0 Å². The van der Waals surface area contributed by atoms with Crippen LogP contribution in [0.3, 0.4) is 0 Å². The summed E-state index contributed by atoms with van der Waals surface area (Å²) in [6.45, 7) is 1.99. The summed E-state index contributed by atoms with van der Waals surface area (Å²) in [5.74, 6) is 0.812. The summed E-state index contributed by atoms with van der Waals surface area (Å²) in [6, 6.07) is 7.69. The highest BCUT2D eigenvalue weighted by atomic mass is 32.2. The van der Waals surface area contributed by atoms with Crippen LogP contribution in [0.25, 0.3) is 0 Å². The van der Waals surface area contributed by atoms with Crippen LogP contribution >= 0.6 is 11.8 Å². The lowest BCUT2D eigenvalue weighted by atomic mass is 10.0. The zero-order valence-corrected chi connectivity index (χ0v) is 9.65. The predicted molar refractivity (Wildman–Crippen MR) is 62.8 cm³/mol. The van der Waals surface area contributed by atoms with Gasteiger partial charge >= 0.3 is 0 Å². The van der Waals surface area contributed by atoms with Crippen LogP contribution in [0.1, 0.15) is 22.8 Å². The van der Waals surface area contributed by atoms with E-state index in [-0.39, 0.29) is 5.91 Å². The van der Waals surface area contributed by atoms with Gasteiger partial charge in [0.25, 0.3) is 5.91 Å². The molecule has 1 aromatic carbocycles. The van der Waals surface area contributed by atoms with Gasteiger partial charge in [-0.1, -0.05) is 18.2 Å². The molecule has 1 aromatic rings. The third-order valence-corrected chi connectivity index (χ3v) is 3.08. The highest BCUT2D eigenvalue weighted by molar-refractivity contribution is 7.98. The minimum absolute atomic E-state index is 0.00158. The molecule has 0 aliphatic carbocycles. The van der Waals surface area contributed by atoms with Crippen LogP contribution in [0.15, 0.2) is 24.3 Å². The monoisotopic (exact) mass is 222 g/mol. The number of hydrogen-bond acceptors (Lipinski definition) is 3. The number of benzene rings is 1. The van der Waals surface area contributed by atoms with Crippen LogP contribution in [0.2, 0.25) is 0 Å². The second kappa shape index (κ2) is 3.87. The quantitative estimate of drug-likeness (QED) is 0.762. The highest BCUT2D eigenvalue weighted by Gasteiger charge is 2.37. The van der Waals surface area contributed by atoms with Crippen molar-refractivity contribution < 1.29 is 4.79 Å². The first-order chi connectivity index (χ1) is 7.17. The fourth-order valence-corrected chi connectivity index (χ4v) is 2.27. The Kier molecular flexibility index (Phi) is 2.71. The summed E-state index contributed by atoms with van der Waals surface area (Å²) < 4.78 is 0. The van der Waals surface area contributed by atoms with Crippen molar-refractivity contribution in [3.05, 3.63) is 35.4 Å². The molecule has 1 atom stereocenters. The summed E-state index contributed by atoms with van der Waals surface area (Å²) in [6.07, 6.45) is 2.03. The Labute approximate surface area is 93.6 Å². The normalized spacial score (nSPS) is 23.7. The molecule has 0 fully saturated rings. The summed E-state index contributed by atoms with van der Waals surface area (Å²) in [4.78, 5) is 11.7. The molecule has 1 amide bonds. The smallest absolute Gasteiger partial charge is 0.253 e. The zero-order chi connectivity index (χ0) is 10.9. The van der Waals surface area contributed by atoms with Gasteiger partial charge in [0.1, 0.15) is 5.66 Å². The Hall–Kier alpha value is -1.00. The Bertz CT molecular complexity index is 394. The number of carbonyl (C=O) groups excluding carboxylic acids is 1. The maximum absolute atomic E-state index is 11.7. The fraction of sp³-hybridized carbons (Fsp3) is 0.364. The lowest BCUT2D eigenvalue weighted by Crippen LogP contribution is -2.48. The second-order valence-corrected chi connectivity index (χ2v) is 4.60. The van der Waals surface area contributed by atoms with E-state index < -0.39 is 5.66 Å². The fourth-order valence-electron chi connectivity index (χ4n) is 1.83. The van der Waals surface area contributed by atoms with Gasteiger partial charge in [0.15, 0.2) is 0 Å². The molecule has 1 aliphatic rings. The Balaban J connectivity index is 2.34. The van der Waals surface area contributed by atoms with Crippen LogP contribution in [0.4, 0.5) is 0 Å². The van der Waals surface area contributed by atoms with Crippen LogP contribution < -0.4 is 10.6 Å². The van der Waals surface area contributed by atoms with Crippen molar-refractivity contribution in [2.45, 2.75) is 12.6 Å². The van der Waals surface area contributed by atoms with Crippen LogP contribution in [-0.4, -0.2) is 18.0 Å². The molecule has 1 aliphatic heterocycles. The van der Waals surface area contributed by atoms with E-state index in [1.165, 1.54) is 0 Å². The number of amides is 1. The van der Waals surface area contributed by atoms with Crippen LogP contribution in [-0.2, 0) is 5.66 Å². The van der Waals surface area contributed by atoms with Gasteiger partial charge in [-0.15, -0.1) is 11.8 Å². The third-order valence-electron chi connectivity index (χ3n) is 2.64. The van der Waals surface area contributed by atoms with Gasteiger partial charge in [0.05, 0.1) is 0 Å². The number of hydrogen-bond donors (Lipinski definition) is 2. The SMILES string of the molecule is CSCNC1(C)NC(=O)c2ccccc21. The van der Waals surface area contributed by atoms with Crippen molar-refractivity contribution in [3.63, 3.8) is 0 Å². The molecule has 0 spiro atoms. The van der Waals surface area contributed by atoms with Crippen molar-refractivity contribution in [2.75, 3.05) is 12.1 Å². The zero-order valence-electron chi connectivity index (χ0n) is 8.83. The van der Waals surface area contributed by atoms with Crippen molar-refractivity contribution >= 4 is 17.7 Å². The van der Waals surface area contributed by atoms with E-state index in [9.17, 15) is 4.79 Å². The first kappa shape index (κ1) is 10.5. The summed E-state index contributed by atoms with van der Waals surface area (Å²) in [5, 5.41) is 6.29. The van der Waals surface area contributed by atoms with E-state index >= 15 is 0 Å². The molecule has 3 nitrogen and oxygen atoms in total. The van der Waals surface area contributed by atoms with Crippen molar-refractivity contribution in [3.8, 4) is 0 Å². The Morgan fingerprint density at radius 2 is 2.20 bits per heavy atom. The number of rotatable bonds is 3. The van der Waals surface area contributed by atoms with E-state index in [0.717, 1.165) is 17.0 Å². The Morgan fingerprint density at radius 1 is 1.47 bits per heavy atom. The molecule has 2 N–H and O–H groups in total. The molecule has 4 heteroatoms. The van der Waals surface area contributed by atoms with Gasteiger partial charge in [-0.3, -0.25) is 10.1 Å². The van der Waals surface area contributed by atoms with Gasteiger partial charge < -0.3 is 5.32 Å². The molecule has 0 aromatic heterocycles. The first-order valence-corrected chi connectivity index (χ1v) is 6.23. The topological polar surface area (TPSA) is 41.1 Å². The number of carbonyl (C=O) groups is 1. The molecule has 0 radical (unpaired) electrons.